The van der Waals surface area contributed by atoms with Gasteiger partial charge in [-0.05, 0) is 43.1 Å². The minimum atomic E-state index is -3.05. The van der Waals surface area contributed by atoms with E-state index < -0.39 is 20.6 Å². The molecule has 0 aromatic heterocycles. The van der Waals surface area contributed by atoms with Crippen molar-refractivity contribution >= 4 is 20.6 Å². The van der Waals surface area contributed by atoms with Gasteiger partial charge in [-0.25, -0.2) is 8.42 Å². The van der Waals surface area contributed by atoms with E-state index in [4.69, 9.17) is 5.73 Å². The van der Waals surface area contributed by atoms with Crippen molar-refractivity contribution in [3.05, 3.63) is 0 Å². The number of nitrogens with two attached hydrogens (primary N) is 1. The van der Waals surface area contributed by atoms with Crippen LogP contribution in [0.4, 0.5) is 0 Å². The first-order valence-electron chi connectivity index (χ1n) is 7.85. The Morgan fingerprint density at radius 1 is 1.29 bits per heavy atom. The molecule has 1 aliphatic rings. The summed E-state index contributed by atoms with van der Waals surface area (Å²) in [5, 5.41) is 0.0568. The zero-order valence-electron chi connectivity index (χ0n) is 13.8. The van der Waals surface area contributed by atoms with Gasteiger partial charge in [0.1, 0.15) is 9.84 Å². The van der Waals surface area contributed by atoms with Gasteiger partial charge in [0, 0.05) is 28.1 Å². The molecule has 0 aromatic carbocycles. The summed E-state index contributed by atoms with van der Waals surface area (Å²) >= 11 is 0. The number of rotatable bonds is 7. The zero-order chi connectivity index (χ0) is 16.3. The van der Waals surface area contributed by atoms with Gasteiger partial charge in [-0.3, -0.25) is 4.21 Å². The molecule has 1 fully saturated rings. The van der Waals surface area contributed by atoms with Crippen molar-refractivity contribution in [2.75, 3.05) is 24.3 Å². The summed E-state index contributed by atoms with van der Waals surface area (Å²) in [6, 6.07) is 0. The van der Waals surface area contributed by atoms with E-state index in [9.17, 15) is 12.6 Å². The quantitative estimate of drug-likeness (QED) is 0.770. The molecule has 1 saturated carbocycles. The predicted octanol–water partition coefficient (Wildman–Crippen LogP) is 1.96. The van der Waals surface area contributed by atoms with Gasteiger partial charge in [-0.1, -0.05) is 27.2 Å². The average molecular weight is 338 g/mol. The molecule has 126 valence electrons. The number of hydrogen-bond acceptors (Lipinski definition) is 4. The van der Waals surface area contributed by atoms with Gasteiger partial charge in [0.15, 0.2) is 0 Å². The lowest BCUT2D eigenvalue weighted by atomic mass is 9.67. The third-order valence-corrected chi connectivity index (χ3v) is 8.30. The Bertz CT molecular complexity index is 460. The molecule has 2 N–H and O–H groups in total. The molecule has 4 nitrogen and oxygen atoms in total. The maximum atomic E-state index is 12.6. The highest BCUT2D eigenvalue weighted by molar-refractivity contribution is 7.92. The van der Waals surface area contributed by atoms with Crippen molar-refractivity contribution in [3.63, 3.8) is 0 Å². The normalized spacial score (nSPS) is 29.3. The smallest absolute Gasteiger partial charge is 0.148 e. The number of sulfone groups is 1. The second-order valence-electron chi connectivity index (χ2n) is 7.10. The third kappa shape index (κ3) is 5.64. The molecule has 0 bridgehead atoms. The molecule has 1 rings (SSSR count). The van der Waals surface area contributed by atoms with E-state index in [-0.39, 0.29) is 28.1 Å². The maximum Gasteiger partial charge on any atom is 0.148 e. The predicted molar refractivity (Wildman–Crippen MR) is 90.5 cm³/mol. The highest BCUT2D eigenvalue weighted by Crippen LogP contribution is 2.43. The van der Waals surface area contributed by atoms with E-state index in [0.29, 0.717) is 12.5 Å². The highest BCUT2D eigenvalue weighted by atomic mass is 32.2. The molecular formula is C15H31NO3S2. The molecule has 4 unspecified atom stereocenters. The van der Waals surface area contributed by atoms with Gasteiger partial charge >= 0.3 is 0 Å². The van der Waals surface area contributed by atoms with Crippen LogP contribution in [-0.4, -0.2) is 42.2 Å². The summed E-state index contributed by atoms with van der Waals surface area (Å²) in [5.74, 6) is 1.08. The van der Waals surface area contributed by atoms with Crippen LogP contribution in [0.25, 0.3) is 0 Å². The fourth-order valence-corrected chi connectivity index (χ4v) is 6.46. The Hall–Kier alpha value is 0.0600. The van der Waals surface area contributed by atoms with E-state index in [1.54, 1.807) is 0 Å². The van der Waals surface area contributed by atoms with Crippen molar-refractivity contribution < 1.29 is 12.6 Å². The zero-order valence-corrected chi connectivity index (χ0v) is 15.4. The lowest BCUT2D eigenvalue weighted by Crippen LogP contribution is -2.42. The average Bonchev–Trinajstić information content (AvgIpc) is 2.43. The Labute approximate surface area is 132 Å². The summed E-state index contributed by atoms with van der Waals surface area (Å²) in [6.07, 6.45) is 5.38. The molecule has 1 aliphatic carbocycles. The second-order valence-corrected chi connectivity index (χ2v) is 11.1. The fraction of sp³-hybridized carbons (Fsp3) is 1.00. The summed E-state index contributed by atoms with van der Waals surface area (Å²) in [5.41, 5.74) is 6.10. The van der Waals surface area contributed by atoms with Crippen LogP contribution in [0.15, 0.2) is 0 Å². The van der Waals surface area contributed by atoms with Gasteiger partial charge in [0.25, 0.3) is 0 Å². The molecule has 0 aliphatic heterocycles. The molecule has 0 aromatic rings. The largest absolute Gasteiger partial charge is 0.330 e. The van der Waals surface area contributed by atoms with Crippen LogP contribution in [0, 0.1) is 17.3 Å². The monoisotopic (exact) mass is 337 g/mol. The standard InChI is InChI=1S/C15H31NO3S2/c1-5-15(2,3)13-7-6-12(11-16)14(10-13)20(17)8-9-21(4,18)19/h12-14H,5-11,16H2,1-4H3. The number of hydrogen-bond donors (Lipinski definition) is 1. The first kappa shape index (κ1) is 19.1. The molecule has 0 heterocycles. The van der Waals surface area contributed by atoms with E-state index in [0.717, 1.165) is 25.7 Å². The van der Waals surface area contributed by atoms with Crippen LogP contribution in [0.2, 0.25) is 0 Å². The van der Waals surface area contributed by atoms with Gasteiger partial charge in [0.2, 0.25) is 0 Å². The van der Waals surface area contributed by atoms with Gasteiger partial charge in [0.05, 0.1) is 5.75 Å². The Morgan fingerprint density at radius 2 is 1.90 bits per heavy atom. The Kier molecular flexibility index (Phi) is 6.87. The van der Waals surface area contributed by atoms with Crippen molar-refractivity contribution in [1.29, 1.82) is 0 Å². The molecule has 21 heavy (non-hydrogen) atoms. The van der Waals surface area contributed by atoms with Gasteiger partial charge in [-0.2, -0.15) is 0 Å². The minimum absolute atomic E-state index is 0.00917. The second kappa shape index (κ2) is 7.55. The molecule has 0 radical (unpaired) electrons. The summed E-state index contributed by atoms with van der Waals surface area (Å²) < 4.78 is 35.1. The third-order valence-electron chi connectivity index (χ3n) is 5.24. The van der Waals surface area contributed by atoms with Crippen molar-refractivity contribution in [3.8, 4) is 0 Å². The van der Waals surface area contributed by atoms with Crippen LogP contribution in [0.3, 0.4) is 0 Å². The van der Waals surface area contributed by atoms with Crippen LogP contribution in [-0.2, 0) is 20.6 Å². The van der Waals surface area contributed by atoms with Crippen LogP contribution in [0.5, 0.6) is 0 Å². The lowest BCUT2D eigenvalue weighted by molar-refractivity contribution is 0.133. The van der Waals surface area contributed by atoms with Gasteiger partial charge < -0.3 is 5.73 Å². The maximum absolute atomic E-state index is 12.6. The van der Waals surface area contributed by atoms with Crippen LogP contribution in [0.1, 0.15) is 46.5 Å². The van der Waals surface area contributed by atoms with Crippen molar-refractivity contribution in [2.24, 2.45) is 23.0 Å². The highest BCUT2D eigenvalue weighted by Gasteiger charge is 2.39. The van der Waals surface area contributed by atoms with E-state index >= 15 is 0 Å². The van der Waals surface area contributed by atoms with Crippen LogP contribution >= 0.6 is 0 Å². The molecule has 0 amide bonds. The Balaban J connectivity index is 2.77. The SMILES string of the molecule is CCC(C)(C)C1CCC(CN)C(S(=O)CCS(C)(=O)=O)C1. The van der Waals surface area contributed by atoms with E-state index in [1.807, 2.05) is 0 Å². The first-order chi connectivity index (χ1) is 9.60. The molecule has 0 spiro atoms. The molecule has 4 atom stereocenters. The minimum Gasteiger partial charge on any atom is -0.330 e. The molecular weight excluding hydrogens is 306 g/mol. The van der Waals surface area contributed by atoms with Crippen molar-refractivity contribution in [2.45, 2.75) is 51.7 Å². The van der Waals surface area contributed by atoms with E-state index in [2.05, 4.69) is 20.8 Å². The van der Waals surface area contributed by atoms with Gasteiger partial charge in [-0.15, -0.1) is 0 Å². The summed E-state index contributed by atoms with van der Waals surface area (Å²) in [7, 11) is -4.15. The first-order valence-corrected chi connectivity index (χ1v) is 11.3. The van der Waals surface area contributed by atoms with Crippen LogP contribution < -0.4 is 5.73 Å². The van der Waals surface area contributed by atoms with Crippen molar-refractivity contribution in [1.82, 2.24) is 0 Å². The summed E-state index contributed by atoms with van der Waals surface area (Å²) in [6.45, 7) is 7.30. The summed E-state index contributed by atoms with van der Waals surface area (Å²) in [4.78, 5) is 0. The fourth-order valence-electron chi connectivity index (χ4n) is 3.17. The lowest BCUT2D eigenvalue weighted by Gasteiger charge is -2.42. The molecule has 6 heteroatoms. The Morgan fingerprint density at radius 3 is 2.38 bits per heavy atom. The topological polar surface area (TPSA) is 77.2 Å². The van der Waals surface area contributed by atoms with E-state index in [1.165, 1.54) is 6.26 Å². The molecule has 0 saturated heterocycles.